The third kappa shape index (κ3) is 6.78. The molecule has 1 amide bonds. The van der Waals surface area contributed by atoms with E-state index in [4.69, 9.17) is 34.6 Å². The van der Waals surface area contributed by atoms with Gasteiger partial charge in [-0.25, -0.2) is 19.6 Å². The number of nitrogen functional groups attached to an aromatic ring is 1. The quantitative estimate of drug-likeness (QED) is 0.143. The number of rotatable bonds is 11. The molecule has 0 spiro atoms. The van der Waals surface area contributed by atoms with Gasteiger partial charge in [0.2, 0.25) is 0 Å². The molecule has 1 fully saturated rings. The Balaban J connectivity index is 1.04. The standard InChI is InChI=1S/C41H34F2N8O5/c42-41(43)56-33-22-34(50-17-5-16-46-50)48-38-35(33)49-37(29-8-4-15-45-36(29)44)51(38)27-11-12-28-25(20-27)9-13-31(28)47-39(52)26-10-14-32(30(21-26)40-53-18-19-54-40)55-23-24-6-2-1-3-7-24/h1-8,10-12,14-17,20-22,31,40-41H,9,13,18-19,23H2,(H2,44,45)(H,47,52)/t31-/m0/s1. The highest BCUT2D eigenvalue weighted by Crippen LogP contribution is 2.39. The molecule has 0 radical (unpaired) electrons. The second-order valence-corrected chi connectivity index (χ2v) is 13.2. The molecule has 0 bridgehead atoms. The molecule has 9 rings (SSSR count). The summed E-state index contributed by atoms with van der Waals surface area (Å²) in [6.45, 7) is -1.88. The maximum Gasteiger partial charge on any atom is 0.387 e. The first-order valence-corrected chi connectivity index (χ1v) is 18.0. The number of aromatic nitrogens is 6. The van der Waals surface area contributed by atoms with Gasteiger partial charge in [-0.3, -0.25) is 9.36 Å². The van der Waals surface area contributed by atoms with Crippen LogP contribution in [0.1, 0.15) is 51.4 Å². The van der Waals surface area contributed by atoms with Crippen LogP contribution in [-0.4, -0.2) is 55.0 Å². The Morgan fingerprint density at radius 3 is 2.57 bits per heavy atom. The zero-order valence-corrected chi connectivity index (χ0v) is 29.7. The average Bonchev–Trinajstić information content (AvgIpc) is 4.05. The molecule has 5 heterocycles. The molecule has 3 N–H and O–H groups in total. The number of anilines is 1. The molecule has 13 nitrogen and oxygen atoms in total. The van der Waals surface area contributed by atoms with Crippen LogP contribution in [0, 0.1) is 0 Å². The maximum atomic E-state index is 13.8. The minimum Gasteiger partial charge on any atom is -0.488 e. The number of carbonyl (C=O) groups is 1. The Hall–Kier alpha value is -6.71. The molecule has 0 unspecified atom stereocenters. The minimum atomic E-state index is -3.11. The monoisotopic (exact) mass is 756 g/mol. The topological polar surface area (TPSA) is 153 Å². The van der Waals surface area contributed by atoms with Gasteiger partial charge in [0.25, 0.3) is 5.91 Å². The number of hydrogen-bond donors (Lipinski definition) is 2. The van der Waals surface area contributed by atoms with Crippen molar-refractivity contribution in [3.05, 3.63) is 137 Å². The third-order valence-electron chi connectivity index (χ3n) is 9.75. The summed E-state index contributed by atoms with van der Waals surface area (Å²) in [5.74, 6) is 0.930. The van der Waals surface area contributed by atoms with E-state index in [0.29, 0.717) is 66.6 Å². The normalized spacial score (nSPS) is 15.4. The average molecular weight is 757 g/mol. The molecule has 56 heavy (non-hydrogen) atoms. The first kappa shape index (κ1) is 35.0. The van der Waals surface area contributed by atoms with Crippen molar-refractivity contribution in [2.24, 2.45) is 0 Å². The Morgan fingerprint density at radius 1 is 0.929 bits per heavy atom. The van der Waals surface area contributed by atoms with Crippen molar-refractivity contribution in [3.8, 4) is 34.4 Å². The van der Waals surface area contributed by atoms with Gasteiger partial charge in [0.1, 0.15) is 18.2 Å². The maximum absolute atomic E-state index is 13.8. The lowest BCUT2D eigenvalue weighted by atomic mass is 10.1. The first-order chi connectivity index (χ1) is 27.4. The predicted molar refractivity (Wildman–Crippen MR) is 201 cm³/mol. The summed E-state index contributed by atoms with van der Waals surface area (Å²) < 4.78 is 53.4. The second-order valence-electron chi connectivity index (χ2n) is 13.2. The summed E-state index contributed by atoms with van der Waals surface area (Å²) in [4.78, 5) is 27.6. The summed E-state index contributed by atoms with van der Waals surface area (Å²) in [6.07, 6.45) is 5.44. The van der Waals surface area contributed by atoms with E-state index in [2.05, 4.69) is 15.4 Å². The number of aryl methyl sites for hydroxylation is 1. The number of ether oxygens (including phenoxy) is 4. The molecule has 1 atom stereocenters. The number of hydrogen-bond acceptors (Lipinski definition) is 10. The highest BCUT2D eigenvalue weighted by molar-refractivity contribution is 5.95. The summed E-state index contributed by atoms with van der Waals surface area (Å²) >= 11 is 0. The van der Waals surface area contributed by atoms with Gasteiger partial charge in [-0.1, -0.05) is 36.4 Å². The number of amides is 1. The van der Waals surface area contributed by atoms with E-state index in [0.717, 1.165) is 16.7 Å². The van der Waals surface area contributed by atoms with Crippen molar-refractivity contribution < 1.29 is 32.5 Å². The van der Waals surface area contributed by atoms with Crippen LogP contribution in [0.4, 0.5) is 14.6 Å². The smallest absolute Gasteiger partial charge is 0.387 e. The van der Waals surface area contributed by atoms with E-state index >= 15 is 0 Å². The highest BCUT2D eigenvalue weighted by Gasteiger charge is 2.29. The number of halogens is 2. The molecule has 1 saturated heterocycles. The second kappa shape index (κ2) is 14.8. The molecule has 15 heteroatoms. The van der Waals surface area contributed by atoms with Crippen molar-refractivity contribution in [2.75, 3.05) is 18.9 Å². The third-order valence-corrected chi connectivity index (χ3v) is 9.75. The lowest BCUT2D eigenvalue weighted by molar-refractivity contribution is -0.0489. The fraction of sp³-hybridized carbons (Fsp3) is 0.195. The van der Waals surface area contributed by atoms with Crippen LogP contribution in [0.15, 0.2) is 110 Å². The van der Waals surface area contributed by atoms with E-state index in [-0.39, 0.29) is 40.5 Å². The van der Waals surface area contributed by atoms with E-state index in [9.17, 15) is 13.6 Å². The molecule has 1 aliphatic heterocycles. The van der Waals surface area contributed by atoms with Gasteiger partial charge in [-0.15, -0.1) is 0 Å². The van der Waals surface area contributed by atoms with Crippen LogP contribution in [-0.2, 0) is 22.5 Å². The molecule has 282 valence electrons. The summed E-state index contributed by atoms with van der Waals surface area (Å²) in [7, 11) is 0. The Labute approximate surface area is 318 Å². The van der Waals surface area contributed by atoms with Gasteiger partial charge in [-0.2, -0.15) is 13.9 Å². The number of imidazole rings is 1. The fourth-order valence-corrected chi connectivity index (χ4v) is 7.16. The van der Waals surface area contributed by atoms with E-state index in [1.54, 1.807) is 59.6 Å². The minimum absolute atomic E-state index is 0.106. The summed E-state index contributed by atoms with van der Waals surface area (Å²) in [5, 5.41) is 7.45. The molecule has 4 aromatic heterocycles. The Morgan fingerprint density at radius 2 is 1.79 bits per heavy atom. The first-order valence-electron chi connectivity index (χ1n) is 18.0. The number of fused-ring (bicyclic) bond motifs is 2. The summed E-state index contributed by atoms with van der Waals surface area (Å²) in [5.41, 5.74) is 11.9. The van der Waals surface area contributed by atoms with Crippen molar-refractivity contribution >= 4 is 22.9 Å². The van der Waals surface area contributed by atoms with Crippen LogP contribution in [0.2, 0.25) is 0 Å². The molecule has 0 saturated carbocycles. The Bertz CT molecular complexity index is 2540. The van der Waals surface area contributed by atoms with Gasteiger partial charge >= 0.3 is 6.61 Å². The molecule has 1 aliphatic carbocycles. The van der Waals surface area contributed by atoms with Crippen molar-refractivity contribution in [1.82, 2.24) is 34.6 Å². The lowest BCUT2D eigenvalue weighted by Gasteiger charge is -2.19. The van der Waals surface area contributed by atoms with Crippen LogP contribution in [0.5, 0.6) is 11.5 Å². The van der Waals surface area contributed by atoms with E-state index < -0.39 is 12.9 Å². The van der Waals surface area contributed by atoms with Gasteiger partial charge in [0, 0.05) is 35.9 Å². The molecule has 3 aromatic carbocycles. The van der Waals surface area contributed by atoms with Crippen LogP contribution < -0.4 is 20.5 Å². The lowest BCUT2D eigenvalue weighted by Crippen LogP contribution is -2.27. The number of pyridine rings is 2. The van der Waals surface area contributed by atoms with Gasteiger partial charge < -0.3 is 30.0 Å². The Kier molecular flexibility index (Phi) is 9.28. The number of carbonyl (C=O) groups excluding carboxylic acids is 1. The van der Waals surface area contributed by atoms with Crippen LogP contribution in [0.25, 0.3) is 34.1 Å². The molecular weight excluding hydrogens is 722 g/mol. The number of nitrogens with two attached hydrogens (primary N) is 1. The zero-order chi connectivity index (χ0) is 38.2. The van der Waals surface area contributed by atoms with Gasteiger partial charge in [0.15, 0.2) is 34.8 Å². The number of nitrogens with one attached hydrogen (secondary N) is 1. The SMILES string of the molecule is Nc1ncccc1-c1nc2c(OC(F)F)cc(-n3cccn3)nc2n1-c1ccc2c(c1)CC[C@@H]2NC(=O)c1ccc(OCc2ccccc2)c(C2OCCO2)c1. The fourth-order valence-electron chi connectivity index (χ4n) is 7.16. The molecule has 7 aromatic rings. The van der Waals surface area contributed by atoms with Crippen LogP contribution >= 0.6 is 0 Å². The van der Waals surface area contributed by atoms with Crippen molar-refractivity contribution in [1.29, 1.82) is 0 Å². The van der Waals surface area contributed by atoms with Gasteiger partial charge in [-0.05, 0) is 78.1 Å². The highest BCUT2D eigenvalue weighted by atomic mass is 19.3. The van der Waals surface area contributed by atoms with Crippen LogP contribution in [0.3, 0.4) is 0 Å². The predicted octanol–water partition coefficient (Wildman–Crippen LogP) is 6.89. The van der Waals surface area contributed by atoms with Crippen molar-refractivity contribution in [2.45, 2.75) is 38.4 Å². The zero-order valence-electron chi connectivity index (χ0n) is 29.7. The molecule has 2 aliphatic rings. The van der Waals surface area contributed by atoms with E-state index in [1.807, 2.05) is 48.5 Å². The van der Waals surface area contributed by atoms with Gasteiger partial charge in [0.05, 0.1) is 30.4 Å². The van der Waals surface area contributed by atoms with Crippen molar-refractivity contribution in [3.63, 3.8) is 0 Å². The molecular formula is C41H34F2N8O5. The number of nitrogens with zero attached hydrogens (tertiary/aromatic N) is 6. The number of benzene rings is 3. The summed E-state index contributed by atoms with van der Waals surface area (Å²) in [6, 6.07) is 27.2. The van der Waals surface area contributed by atoms with E-state index in [1.165, 1.54) is 10.7 Å². The largest absolute Gasteiger partial charge is 0.488 e. The number of alkyl halides is 2.